The van der Waals surface area contributed by atoms with Gasteiger partial charge in [-0.1, -0.05) is 26.0 Å². The number of carbonyl (C=O) groups is 1. The fourth-order valence-electron chi connectivity index (χ4n) is 3.76. The second-order valence-corrected chi connectivity index (χ2v) is 8.29. The molecule has 3 rings (SSSR count). The van der Waals surface area contributed by atoms with Gasteiger partial charge in [0.05, 0.1) is 0 Å². The summed E-state index contributed by atoms with van der Waals surface area (Å²) in [6, 6.07) is 7.98. The molecular formula is C23H33N5O2. The van der Waals surface area contributed by atoms with E-state index in [0.717, 1.165) is 44.8 Å². The molecule has 0 aliphatic carbocycles. The zero-order valence-electron chi connectivity index (χ0n) is 18.2. The van der Waals surface area contributed by atoms with Gasteiger partial charge in [-0.25, -0.2) is 9.97 Å². The smallest absolute Gasteiger partial charge is 0.267 e. The summed E-state index contributed by atoms with van der Waals surface area (Å²) < 4.78 is 6.05. The molecule has 2 heterocycles. The molecule has 1 aromatic carbocycles. The van der Waals surface area contributed by atoms with E-state index in [1.165, 1.54) is 11.1 Å². The molecule has 1 saturated heterocycles. The Morgan fingerprint density at radius 1 is 1.30 bits per heavy atom. The molecule has 0 unspecified atom stereocenters. The van der Waals surface area contributed by atoms with Crippen LogP contribution in [-0.4, -0.2) is 48.7 Å². The van der Waals surface area contributed by atoms with Gasteiger partial charge in [-0.3, -0.25) is 4.79 Å². The summed E-state index contributed by atoms with van der Waals surface area (Å²) in [7, 11) is 0. The highest BCUT2D eigenvalue weighted by molar-refractivity contribution is 5.90. The molecule has 1 amide bonds. The molecule has 7 heteroatoms. The number of aryl methyl sites for hydroxylation is 1. The van der Waals surface area contributed by atoms with Crippen molar-refractivity contribution in [1.82, 2.24) is 15.3 Å². The zero-order valence-corrected chi connectivity index (χ0v) is 18.2. The van der Waals surface area contributed by atoms with E-state index in [2.05, 4.69) is 59.2 Å². The maximum Gasteiger partial charge on any atom is 0.267 e. The third kappa shape index (κ3) is 5.92. The molecule has 2 aromatic rings. The van der Waals surface area contributed by atoms with Gasteiger partial charge < -0.3 is 20.7 Å². The van der Waals surface area contributed by atoms with Crippen LogP contribution in [0.15, 0.2) is 30.5 Å². The predicted octanol–water partition coefficient (Wildman–Crippen LogP) is 2.89. The Balaban J connectivity index is 1.38. The Hall–Kier alpha value is -2.67. The second kappa shape index (κ2) is 10.4. The average molecular weight is 412 g/mol. The number of nitrogens with two attached hydrogens (primary N) is 1. The lowest BCUT2D eigenvalue weighted by atomic mass is 9.97. The van der Waals surface area contributed by atoms with Crippen molar-refractivity contribution in [1.29, 1.82) is 0 Å². The molecular weight excluding hydrogens is 378 g/mol. The Labute approximate surface area is 179 Å². The summed E-state index contributed by atoms with van der Waals surface area (Å²) in [5.41, 5.74) is 8.06. The van der Waals surface area contributed by atoms with Crippen LogP contribution in [0.2, 0.25) is 0 Å². The topological polar surface area (TPSA) is 93.4 Å². The Kier molecular flexibility index (Phi) is 7.63. The van der Waals surface area contributed by atoms with E-state index >= 15 is 0 Å². The van der Waals surface area contributed by atoms with Gasteiger partial charge in [0.25, 0.3) is 5.91 Å². The number of ether oxygens (including phenoxy) is 1. The van der Waals surface area contributed by atoms with Crippen LogP contribution in [0.5, 0.6) is 5.75 Å². The minimum Gasteiger partial charge on any atom is -0.492 e. The van der Waals surface area contributed by atoms with Gasteiger partial charge in [0.2, 0.25) is 5.95 Å². The molecule has 1 aromatic heterocycles. The first-order chi connectivity index (χ1) is 14.4. The van der Waals surface area contributed by atoms with E-state index < -0.39 is 5.91 Å². The van der Waals surface area contributed by atoms with Crippen molar-refractivity contribution in [3.8, 4) is 5.75 Å². The fourth-order valence-corrected chi connectivity index (χ4v) is 3.76. The van der Waals surface area contributed by atoms with Gasteiger partial charge in [-0.05, 0) is 61.4 Å². The molecule has 0 radical (unpaired) electrons. The number of hydrogen-bond donors (Lipinski definition) is 2. The van der Waals surface area contributed by atoms with Crippen molar-refractivity contribution < 1.29 is 9.53 Å². The van der Waals surface area contributed by atoms with Gasteiger partial charge in [0, 0.05) is 25.8 Å². The first-order valence-corrected chi connectivity index (χ1v) is 10.8. The first kappa shape index (κ1) is 22.0. The summed E-state index contributed by atoms with van der Waals surface area (Å²) >= 11 is 0. The fraction of sp³-hybridized carbons (Fsp3) is 0.522. The number of nitrogens with zero attached hydrogens (tertiary/aromatic N) is 3. The predicted molar refractivity (Wildman–Crippen MR) is 119 cm³/mol. The minimum atomic E-state index is -0.522. The molecule has 0 saturated carbocycles. The maximum atomic E-state index is 11.3. The van der Waals surface area contributed by atoms with Gasteiger partial charge in [-0.15, -0.1) is 0 Å². The van der Waals surface area contributed by atoms with Crippen LogP contribution in [0, 0.1) is 12.8 Å². The molecule has 1 aliphatic heterocycles. The van der Waals surface area contributed by atoms with Crippen LogP contribution in [0.25, 0.3) is 0 Å². The zero-order chi connectivity index (χ0) is 21.5. The Morgan fingerprint density at radius 2 is 2.07 bits per heavy atom. The van der Waals surface area contributed by atoms with Crippen molar-refractivity contribution in [2.75, 3.05) is 37.7 Å². The number of carbonyl (C=O) groups excluding carboxylic acids is 1. The molecule has 0 bridgehead atoms. The summed E-state index contributed by atoms with van der Waals surface area (Å²) in [5.74, 6) is 2.13. The number of primary amides is 1. The molecule has 1 fully saturated rings. The van der Waals surface area contributed by atoms with Gasteiger partial charge in [0.1, 0.15) is 18.1 Å². The molecule has 162 valence electrons. The Morgan fingerprint density at radius 3 is 2.77 bits per heavy atom. The quantitative estimate of drug-likeness (QED) is 0.616. The van der Waals surface area contributed by atoms with Crippen LogP contribution in [0.4, 0.5) is 5.95 Å². The van der Waals surface area contributed by atoms with E-state index in [1.807, 2.05) is 0 Å². The van der Waals surface area contributed by atoms with Gasteiger partial charge in [0.15, 0.2) is 0 Å². The number of benzene rings is 1. The molecule has 7 nitrogen and oxygen atoms in total. The van der Waals surface area contributed by atoms with Gasteiger partial charge in [-0.2, -0.15) is 0 Å². The normalized spacial score (nSPS) is 14.9. The Bertz CT molecular complexity index is 847. The highest BCUT2D eigenvalue weighted by Gasteiger charge is 2.21. The minimum absolute atomic E-state index is 0.262. The van der Waals surface area contributed by atoms with E-state index in [9.17, 15) is 4.79 Å². The molecule has 0 atom stereocenters. The first-order valence-electron chi connectivity index (χ1n) is 10.8. The van der Waals surface area contributed by atoms with Crippen LogP contribution < -0.4 is 20.7 Å². The van der Waals surface area contributed by atoms with Crippen LogP contribution in [0.1, 0.15) is 54.2 Å². The lowest BCUT2D eigenvalue weighted by Crippen LogP contribution is -2.39. The molecule has 1 aliphatic rings. The maximum absolute atomic E-state index is 11.3. The summed E-state index contributed by atoms with van der Waals surface area (Å²) in [5, 5.41) is 3.53. The SMILES string of the molecule is Cc1ccc(C(C)C)c(OCCNCC2CCN(c3nccc(C(N)=O)n3)CC2)c1. The van der Waals surface area contributed by atoms with Crippen molar-refractivity contribution in [2.45, 2.75) is 39.5 Å². The van der Waals surface area contributed by atoms with E-state index in [4.69, 9.17) is 10.5 Å². The highest BCUT2D eigenvalue weighted by Crippen LogP contribution is 2.27. The third-order valence-electron chi connectivity index (χ3n) is 5.55. The van der Waals surface area contributed by atoms with Crippen LogP contribution in [0.3, 0.4) is 0 Å². The molecule has 0 spiro atoms. The lowest BCUT2D eigenvalue weighted by Gasteiger charge is -2.32. The van der Waals surface area contributed by atoms with Crippen molar-refractivity contribution >= 4 is 11.9 Å². The standard InChI is InChI=1S/C23H33N5O2/c1-16(2)19-5-4-17(3)14-21(19)30-13-10-25-15-18-7-11-28(12-8-18)23-26-9-6-20(27-23)22(24)29/h4-6,9,14,16,18,25H,7-8,10-13,15H2,1-3H3,(H2,24,29). The number of hydrogen-bond acceptors (Lipinski definition) is 6. The van der Waals surface area contributed by atoms with Crippen LogP contribution in [-0.2, 0) is 0 Å². The third-order valence-corrected chi connectivity index (χ3v) is 5.55. The lowest BCUT2D eigenvalue weighted by molar-refractivity contribution is 0.0995. The van der Waals surface area contributed by atoms with E-state index in [1.54, 1.807) is 12.3 Å². The van der Waals surface area contributed by atoms with E-state index in [0.29, 0.717) is 24.4 Å². The number of rotatable bonds is 9. The highest BCUT2D eigenvalue weighted by atomic mass is 16.5. The van der Waals surface area contributed by atoms with E-state index in [-0.39, 0.29) is 5.69 Å². The van der Waals surface area contributed by atoms with Crippen molar-refractivity contribution in [3.63, 3.8) is 0 Å². The number of aromatic nitrogens is 2. The second-order valence-electron chi connectivity index (χ2n) is 8.29. The number of anilines is 1. The summed E-state index contributed by atoms with van der Waals surface area (Å²) in [6.45, 7) is 10.7. The number of amides is 1. The van der Waals surface area contributed by atoms with Gasteiger partial charge >= 0.3 is 0 Å². The average Bonchev–Trinajstić information content (AvgIpc) is 2.74. The molecule has 3 N–H and O–H groups in total. The summed E-state index contributed by atoms with van der Waals surface area (Å²) in [4.78, 5) is 22.0. The number of nitrogens with one attached hydrogen (secondary N) is 1. The van der Waals surface area contributed by atoms with Crippen molar-refractivity contribution in [3.05, 3.63) is 47.3 Å². The molecule has 30 heavy (non-hydrogen) atoms. The monoisotopic (exact) mass is 411 g/mol. The van der Waals surface area contributed by atoms with Crippen LogP contribution >= 0.6 is 0 Å². The largest absolute Gasteiger partial charge is 0.492 e. The number of piperidine rings is 1. The van der Waals surface area contributed by atoms with Crippen molar-refractivity contribution in [2.24, 2.45) is 11.7 Å². The summed E-state index contributed by atoms with van der Waals surface area (Å²) in [6.07, 6.45) is 3.72.